The first-order chi connectivity index (χ1) is 3.41. The van der Waals surface area contributed by atoms with Gasteiger partial charge in [-0.15, -0.1) is 0 Å². The molecule has 2 nitrogen and oxygen atoms in total. The summed E-state index contributed by atoms with van der Waals surface area (Å²) in [6.07, 6.45) is 4.94. The maximum atomic E-state index is 3.67. The fourth-order valence-corrected chi connectivity index (χ4v) is 0.185. The highest BCUT2D eigenvalue weighted by atomic mass is 14.6. The van der Waals surface area contributed by atoms with Crippen LogP contribution in [0, 0.1) is 0 Å². The first-order valence-electron chi connectivity index (χ1n) is 1.95. The van der Waals surface area contributed by atoms with E-state index in [1.165, 1.54) is 0 Å². The van der Waals surface area contributed by atoms with Gasteiger partial charge in [0.2, 0.25) is 0 Å². The van der Waals surface area contributed by atoms with Crippen molar-refractivity contribution < 1.29 is 0 Å². The molecule has 0 aliphatic rings. The molecule has 38 valence electrons. The van der Waals surface area contributed by atoms with Crippen molar-refractivity contribution in [3.8, 4) is 0 Å². The van der Waals surface area contributed by atoms with E-state index in [9.17, 15) is 0 Å². The third-order valence-electron chi connectivity index (χ3n) is 0.427. The molecule has 0 heterocycles. The molecule has 0 radical (unpaired) electrons. The Balaban J connectivity index is 3.27. The second-order valence-electron chi connectivity index (χ2n) is 0.931. The van der Waals surface area contributed by atoms with Crippen molar-refractivity contribution in [2.75, 3.05) is 7.05 Å². The summed E-state index contributed by atoms with van der Waals surface area (Å²) < 4.78 is 0. The van der Waals surface area contributed by atoms with E-state index in [1.54, 1.807) is 25.5 Å². The highest BCUT2D eigenvalue weighted by Crippen LogP contribution is 1.65. The average molecular weight is 96.1 g/mol. The molecule has 0 aromatic heterocycles. The number of allylic oxidation sites excluding steroid dienone is 1. The standard InChI is InChI=1S/C5H8N2/c1-6-4-3-5-7-2/h3-5H,1H2,2H3/b4-3-,7-5-. The predicted molar refractivity (Wildman–Crippen MR) is 33.1 cm³/mol. The lowest BCUT2D eigenvalue weighted by atomic mass is 10.7. The lowest BCUT2D eigenvalue weighted by Gasteiger charge is -1.66. The molecule has 0 aliphatic heterocycles. The zero-order valence-electron chi connectivity index (χ0n) is 4.33. The summed E-state index contributed by atoms with van der Waals surface area (Å²) in [6, 6.07) is 0. The highest BCUT2D eigenvalue weighted by molar-refractivity contribution is 5.70. The van der Waals surface area contributed by atoms with Gasteiger partial charge in [0.05, 0.1) is 0 Å². The molecule has 0 bridgehead atoms. The molecule has 0 spiro atoms. The van der Waals surface area contributed by atoms with Crippen LogP contribution in [0.25, 0.3) is 0 Å². The van der Waals surface area contributed by atoms with Gasteiger partial charge >= 0.3 is 0 Å². The number of aliphatic imine (C=N–C) groups is 2. The maximum Gasteiger partial charge on any atom is 0.0277 e. The monoisotopic (exact) mass is 96.1 g/mol. The summed E-state index contributed by atoms with van der Waals surface area (Å²) >= 11 is 0. The van der Waals surface area contributed by atoms with Crippen molar-refractivity contribution >= 4 is 12.9 Å². The van der Waals surface area contributed by atoms with Gasteiger partial charge in [0, 0.05) is 19.5 Å². The fourth-order valence-electron chi connectivity index (χ4n) is 0.185. The zero-order chi connectivity index (χ0) is 5.54. The van der Waals surface area contributed by atoms with Crippen molar-refractivity contribution in [3.63, 3.8) is 0 Å². The van der Waals surface area contributed by atoms with E-state index in [0.717, 1.165) is 0 Å². The third-order valence-corrected chi connectivity index (χ3v) is 0.427. The average Bonchev–Trinajstić information content (AvgIpc) is 1.69. The SMILES string of the molecule is C=N/C=C\C=N/C. The summed E-state index contributed by atoms with van der Waals surface area (Å²) in [4.78, 5) is 7.12. The highest BCUT2D eigenvalue weighted by Gasteiger charge is 1.53. The van der Waals surface area contributed by atoms with E-state index in [1.807, 2.05) is 0 Å². The van der Waals surface area contributed by atoms with E-state index in [0.29, 0.717) is 0 Å². The van der Waals surface area contributed by atoms with Gasteiger partial charge < -0.3 is 0 Å². The van der Waals surface area contributed by atoms with E-state index >= 15 is 0 Å². The lowest BCUT2D eigenvalue weighted by molar-refractivity contribution is 1.47. The Kier molecular flexibility index (Phi) is 4.41. The van der Waals surface area contributed by atoms with Crippen LogP contribution >= 0.6 is 0 Å². The molecule has 0 aromatic rings. The molecule has 0 saturated heterocycles. The van der Waals surface area contributed by atoms with Gasteiger partial charge in [-0.25, -0.2) is 0 Å². The van der Waals surface area contributed by atoms with Gasteiger partial charge in [-0.1, -0.05) is 0 Å². The fraction of sp³-hybridized carbons (Fsp3) is 0.200. The van der Waals surface area contributed by atoms with Crippen molar-refractivity contribution in [1.29, 1.82) is 0 Å². The van der Waals surface area contributed by atoms with Gasteiger partial charge in [-0.3, -0.25) is 9.98 Å². The van der Waals surface area contributed by atoms with Crippen molar-refractivity contribution in [2.24, 2.45) is 9.98 Å². The molecular weight excluding hydrogens is 88.1 g/mol. The second kappa shape index (κ2) is 5.08. The summed E-state index contributed by atoms with van der Waals surface area (Å²) in [6.45, 7) is 3.23. The lowest BCUT2D eigenvalue weighted by Crippen LogP contribution is -1.57. The Labute approximate surface area is 43.3 Å². The van der Waals surface area contributed by atoms with Crippen molar-refractivity contribution in [3.05, 3.63) is 12.3 Å². The van der Waals surface area contributed by atoms with Crippen LogP contribution in [0.2, 0.25) is 0 Å². The van der Waals surface area contributed by atoms with E-state index < -0.39 is 0 Å². The molecular formula is C5H8N2. The van der Waals surface area contributed by atoms with E-state index in [2.05, 4.69) is 16.7 Å². The third kappa shape index (κ3) is 5.08. The van der Waals surface area contributed by atoms with Gasteiger partial charge in [-0.2, -0.15) is 0 Å². The largest absolute Gasteiger partial charge is 0.296 e. The van der Waals surface area contributed by atoms with Crippen LogP contribution in [0.15, 0.2) is 22.3 Å². The molecule has 0 unspecified atom stereocenters. The Bertz CT molecular complexity index is 92.3. The smallest absolute Gasteiger partial charge is 0.0277 e. The van der Waals surface area contributed by atoms with E-state index in [-0.39, 0.29) is 0 Å². The zero-order valence-corrected chi connectivity index (χ0v) is 4.33. The van der Waals surface area contributed by atoms with Crippen LogP contribution in [0.5, 0.6) is 0 Å². The van der Waals surface area contributed by atoms with Crippen molar-refractivity contribution in [2.45, 2.75) is 0 Å². The Morgan fingerprint density at radius 2 is 2.29 bits per heavy atom. The molecule has 0 amide bonds. The molecule has 0 aromatic carbocycles. The molecule has 0 atom stereocenters. The van der Waals surface area contributed by atoms with Crippen LogP contribution in [-0.4, -0.2) is 20.0 Å². The van der Waals surface area contributed by atoms with Crippen molar-refractivity contribution in [1.82, 2.24) is 0 Å². The minimum atomic E-state index is 1.58. The maximum absolute atomic E-state index is 3.67. The topological polar surface area (TPSA) is 24.7 Å². The summed E-state index contributed by atoms with van der Waals surface area (Å²) in [5.74, 6) is 0. The minimum absolute atomic E-state index is 1.58. The number of hydrogen-bond donors (Lipinski definition) is 0. The van der Waals surface area contributed by atoms with Gasteiger partial charge in [0.25, 0.3) is 0 Å². The molecule has 7 heavy (non-hydrogen) atoms. The van der Waals surface area contributed by atoms with Crippen LogP contribution in [0.3, 0.4) is 0 Å². The van der Waals surface area contributed by atoms with Crippen LogP contribution in [0.4, 0.5) is 0 Å². The Morgan fingerprint density at radius 3 is 2.71 bits per heavy atom. The Morgan fingerprint density at radius 1 is 1.57 bits per heavy atom. The summed E-state index contributed by atoms with van der Waals surface area (Å²) in [5.41, 5.74) is 0. The number of nitrogens with zero attached hydrogens (tertiary/aromatic N) is 2. The molecule has 0 fully saturated rings. The Hall–Kier alpha value is -0.920. The molecule has 0 N–H and O–H groups in total. The van der Waals surface area contributed by atoms with Crippen LogP contribution < -0.4 is 0 Å². The normalized spacial score (nSPS) is 11.0. The molecule has 0 aliphatic carbocycles. The van der Waals surface area contributed by atoms with Gasteiger partial charge in [-0.05, 0) is 12.8 Å². The summed E-state index contributed by atoms with van der Waals surface area (Å²) in [7, 11) is 1.70. The first-order valence-corrected chi connectivity index (χ1v) is 1.95. The number of hydrogen-bond acceptors (Lipinski definition) is 2. The van der Waals surface area contributed by atoms with Gasteiger partial charge in [0.1, 0.15) is 0 Å². The quantitative estimate of drug-likeness (QED) is 0.456. The second-order valence-corrected chi connectivity index (χ2v) is 0.931. The predicted octanol–water partition coefficient (Wildman–Crippen LogP) is 0.901. The minimum Gasteiger partial charge on any atom is -0.296 e. The summed E-state index contributed by atoms with van der Waals surface area (Å²) in [5, 5.41) is 0. The molecule has 2 heteroatoms. The molecule has 0 rings (SSSR count). The van der Waals surface area contributed by atoms with Crippen LogP contribution in [-0.2, 0) is 0 Å². The molecule has 0 saturated carbocycles. The van der Waals surface area contributed by atoms with E-state index in [4.69, 9.17) is 0 Å². The first kappa shape index (κ1) is 6.08. The van der Waals surface area contributed by atoms with Gasteiger partial charge in [0.15, 0.2) is 0 Å². The number of rotatable bonds is 2. The van der Waals surface area contributed by atoms with Crippen LogP contribution in [0.1, 0.15) is 0 Å².